The SMILES string of the molecule is CCC1CCN(C(=O)N2CCCCC2CC(=O)O)C1. The highest BCUT2D eigenvalue weighted by Crippen LogP contribution is 2.25. The zero-order valence-electron chi connectivity index (χ0n) is 11.7. The molecule has 2 aliphatic heterocycles. The van der Waals surface area contributed by atoms with Gasteiger partial charge in [-0.15, -0.1) is 0 Å². The number of carboxylic acid groups (broad SMARTS) is 1. The molecule has 0 aromatic carbocycles. The van der Waals surface area contributed by atoms with Crippen LogP contribution < -0.4 is 0 Å². The molecule has 108 valence electrons. The van der Waals surface area contributed by atoms with E-state index in [0.29, 0.717) is 12.5 Å². The average molecular weight is 268 g/mol. The summed E-state index contributed by atoms with van der Waals surface area (Å²) in [6.07, 6.45) is 5.12. The third-order valence-corrected chi connectivity index (χ3v) is 4.42. The van der Waals surface area contributed by atoms with Gasteiger partial charge in [0.05, 0.1) is 6.42 Å². The van der Waals surface area contributed by atoms with E-state index in [4.69, 9.17) is 5.11 Å². The van der Waals surface area contributed by atoms with Crippen molar-refractivity contribution in [2.24, 2.45) is 5.92 Å². The van der Waals surface area contributed by atoms with Crippen LogP contribution in [0.15, 0.2) is 0 Å². The first-order valence-corrected chi connectivity index (χ1v) is 7.39. The topological polar surface area (TPSA) is 60.9 Å². The summed E-state index contributed by atoms with van der Waals surface area (Å²) in [5, 5.41) is 8.96. The van der Waals surface area contributed by atoms with E-state index in [9.17, 15) is 9.59 Å². The fraction of sp³-hybridized carbons (Fsp3) is 0.857. The highest BCUT2D eigenvalue weighted by atomic mass is 16.4. The number of piperidine rings is 1. The Bertz CT molecular complexity index is 346. The molecule has 2 aliphatic rings. The highest BCUT2D eigenvalue weighted by Gasteiger charge is 2.34. The van der Waals surface area contributed by atoms with Gasteiger partial charge in [0.2, 0.25) is 0 Å². The van der Waals surface area contributed by atoms with Gasteiger partial charge in [0, 0.05) is 25.7 Å². The molecule has 0 saturated carbocycles. The molecule has 5 heteroatoms. The Kier molecular flexibility index (Phi) is 4.66. The molecule has 0 aromatic heterocycles. The largest absolute Gasteiger partial charge is 0.481 e. The van der Waals surface area contributed by atoms with Crippen molar-refractivity contribution in [2.75, 3.05) is 19.6 Å². The third-order valence-electron chi connectivity index (χ3n) is 4.42. The summed E-state index contributed by atoms with van der Waals surface area (Å²) < 4.78 is 0. The lowest BCUT2D eigenvalue weighted by molar-refractivity contribution is -0.138. The first-order chi connectivity index (χ1) is 9.11. The zero-order valence-corrected chi connectivity index (χ0v) is 11.7. The van der Waals surface area contributed by atoms with Gasteiger partial charge in [-0.05, 0) is 31.6 Å². The molecule has 1 N–H and O–H groups in total. The Morgan fingerprint density at radius 3 is 2.63 bits per heavy atom. The van der Waals surface area contributed by atoms with Crippen molar-refractivity contribution in [3.63, 3.8) is 0 Å². The van der Waals surface area contributed by atoms with Crippen molar-refractivity contribution in [3.8, 4) is 0 Å². The summed E-state index contributed by atoms with van der Waals surface area (Å²) in [5.74, 6) is -0.191. The lowest BCUT2D eigenvalue weighted by Crippen LogP contribution is -2.50. The van der Waals surface area contributed by atoms with Gasteiger partial charge in [-0.3, -0.25) is 4.79 Å². The summed E-state index contributed by atoms with van der Waals surface area (Å²) in [7, 11) is 0. The number of rotatable bonds is 3. The first kappa shape index (κ1) is 14.2. The van der Waals surface area contributed by atoms with E-state index < -0.39 is 5.97 Å². The lowest BCUT2D eigenvalue weighted by Gasteiger charge is -2.37. The van der Waals surface area contributed by atoms with Crippen LogP contribution >= 0.6 is 0 Å². The van der Waals surface area contributed by atoms with Gasteiger partial charge in [-0.2, -0.15) is 0 Å². The molecule has 2 unspecified atom stereocenters. The molecule has 2 saturated heterocycles. The van der Waals surface area contributed by atoms with E-state index in [2.05, 4.69) is 6.92 Å². The van der Waals surface area contributed by atoms with Gasteiger partial charge in [0.25, 0.3) is 0 Å². The number of urea groups is 1. The van der Waals surface area contributed by atoms with Crippen molar-refractivity contribution in [1.82, 2.24) is 9.80 Å². The van der Waals surface area contributed by atoms with Crippen molar-refractivity contribution >= 4 is 12.0 Å². The van der Waals surface area contributed by atoms with Gasteiger partial charge in [-0.25, -0.2) is 4.79 Å². The minimum absolute atomic E-state index is 0.0573. The number of hydrogen-bond donors (Lipinski definition) is 1. The number of nitrogens with zero attached hydrogens (tertiary/aromatic N) is 2. The molecule has 2 fully saturated rings. The molecule has 2 atom stereocenters. The van der Waals surface area contributed by atoms with E-state index in [-0.39, 0.29) is 18.5 Å². The predicted molar refractivity (Wildman–Crippen MR) is 72.0 cm³/mol. The molecule has 5 nitrogen and oxygen atoms in total. The Hall–Kier alpha value is -1.26. The maximum absolute atomic E-state index is 12.5. The second-order valence-corrected chi connectivity index (χ2v) is 5.73. The Labute approximate surface area is 114 Å². The molecule has 0 aromatic rings. The number of carboxylic acids is 1. The van der Waals surface area contributed by atoms with Crippen LogP contribution in [0.25, 0.3) is 0 Å². The summed E-state index contributed by atoms with van der Waals surface area (Å²) in [6.45, 7) is 4.54. The quantitative estimate of drug-likeness (QED) is 0.853. The minimum Gasteiger partial charge on any atom is -0.481 e. The van der Waals surface area contributed by atoms with Gasteiger partial charge < -0.3 is 14.9 Å². The van der Waals surface area contributed by atoms with E-state index in [0.717, 1.165) is 45.2 Å². The lowest BCUT2D eigenvalue weighted by atomic mass is 10.00. The monoisotopic (exact) mass is 268 g/mol. The van der Waals surface area contributed by atoms with Gasteiger partial charge in [0.1, 0.15) is 0 Å². The zero-order chi connectivity index (χ0) is 13.8. The number of aliphatic carboxylic acids is 1. The minimum atomic E-state index is -0.808. The van der Waals surface area contributed by atoms with Gasteiger partial charge in [0.15, 0.2) is 0 Å². The summed E-state index contributed by atoms with van der Waals surface area (Å²) in [4.78, 5) is 27.1. The molecule has 2 rings (SSSR count). The van der Waals surface area contributed by atoms with Crippen LogP contribution in [-0.2, 0) is 4.79 Å². The fourth-order valence-electron chi connectivity index (χ4n) is 3.19. The third kappa shape index (κ3) is 3.39. The standard InChI is InChI=1S/C14H24N2O3/c1-2-11-6-8-15(10-11)14(19)16-7-4-3-5-12(16)9-13(17)18/h11-12H,2-10H2,1H3,(H,17,18). The van der Waals surface area contributed by atoms with Crippen LogP contribution in [0.4, 0.5) is 4.79 Å². The van der Waals surface area contributed by atoms with Crippen LogP contribution in [0.1, 0.15) is 45.4 Å². The fourth-order valence-corrected chi connectivity index (χ4v) is 3.19. The molecule has 0 radical (unpaired) electrons. The van der Waals surface area contributed by atoms with E-state index in [1.807, 2.05) is 4.90 Å². The summed E-state index contributed by atoms with van der Waals surface area (Å²) in [5.41, 5.74) is 0. The van der Waals surface area contributed by atoms with Crippen LogP contribution in [0.5, 0.6) is 0 Å². The molecule has 19 heavy (non-hydrogen) atoms. The number of amides is 2. The normalized spacial score (nSPS) is 27.6. The van der Waals surface area contributed by atoms with Gasteiger partial charge >= 0.3 is 12.0 Å². The predicted octanol–water partition coefficient (Wildman–Crippen LogP) is 2.17. The average Bonchev–Trinajstić information content (AvgIpc) is 2.86. The molecule has 2 heterocycles. The Morgan fingerprint density at radius 2 is 2.00 bits per heavy atom. The van der Waals surface area contributed by atoms with Crippen molar-refractivity contribution in [2.45, 2.75) is 51.5 Å². The molecular formula is C14H24N2O3. The summed E-state index contributed by atoms with van der Waals surface area (Å²) >= 11 is 0. The molecule has 0 aliphatic carbocycles. The maximum atomic E-state index is 12.5. The number of carbonyl (C=O) groups excluding carboxylic acids is 1. The molecule has 0 spiro atoms. The van der Waals surface area contributed by atoms with Crippen molar-refractivity contribution in [3.05, 3.63) is 0 Å². The molecular weight excluding hydrogens is 244 g/mol. The van der Waals surface area contributed by atoms with E-state index >= 15 is 0 Å². The Morgan fingerprint density at radius 1 is 1.21 bits per heavy atom. The number of hydrogen-bond acceptors (Lipinski definition) is 2. The summed E-state index contributed by atoms with van der Waals surface area (Å²) in [6, 6.07) is -0.0543. The van der Waals surface area contributed by atoms with Crippen molar-refractivity contribution in [1.29, 1.82) is 0 Å². The van der Waals surface area contributed by atoms with Crippen LogP contribution in [-0.4, -0.2) is 52.6 Å². The van der Waals surface area contributed by atoms with E-state index in [1.165, 1.54) is 0 Å². The number of likely N-dealkylation sites (tertiary alicyclic amines) is 2. The van der Waals surface area contributed by atoms with Crippen molar-refractivity contribution < 1.29 is 14.7 Å². The van der Waals surface area contributed by atoms with Crippen LogP contribution in [0.3, 0.4) is 0 Å². The molecule has 2 amide bonds. The van der Waals surface area contributed by atoms with Crippen LogP contribution in [0, 0.1) is 5.92 Å². The van der Waals surface area contributed by atoms with Crippen LogP contribution in [0.2, 0.25) is 0 Å². The van der Waals surface area contributed by atoms with Gasteiger partial charge in [-0.1, -0.05) is 13.3 Å². The number of carbonyl (C=O) groups is 2. The maximum Gasteiger partial charge on any atom is 0.320 e. The Balaban J connectivity index is 1.97. The highest BCUT2D eigenvalue weighted by molar-refractivity contribution is 5.76. The smallest absolute Gasteiger partial charge is 0.320 e. The van der Waals surface area contributed by atoms with E-state index in [1.54, 1.807) is 4.90 Å². The molecule has 0 bridgehead atoms. The second-order valence-electron chi connectivity index (χ2n) is 5.73. The first-order valence-electron chi connectivity index (χ1n) is 7.39. The second kappa shape index (κ2) is 6.26.